The van der Waals surface area contributed by atoms with E-state index in [2.05, 4.69) is 10.4 Å². The third-order valence-electron chi connectivity index (χ3n) is 3.97. The molecule has 3 heterocycles. The van der Waals surface area contributed by atoms with Gasteiger partial charge in [0.1, 0.15) is 5.65 Å². The van der Waals surface area contributed by atoms with E-state index in [1.165, 1.54) is 0 Å². The molecule has 1 aliphatic rings. The number of hydrazine groups is 1. The molecule has 0 saturated carbocycles. The van der Waals surface area contributed by atoms with Crippen LogP contribution in [-0.4, -0.2) is 34.7 Å². The molecule has 0 bridgehead atoms. The van der Waals surface area contributed by atoms with Crippen LogP contribution in [0.1, 0.15) is 26.2 Å². The Hall–Kier alpha value is -1.64. The van der Waals surface area contributed by atoms with E-state index in [0.717, 1.165) is 19.3 Å². The highest BCUT2D eigenvalue weighted by atomic mass is 32.2. The first kappa shape index (κ1) is 14.3. The molecule has 0 aromatic carbocycles. The van der Waals surface area contributed by atoms with Crippen LogP contribution in [-0.2, 0) is 10.0 Å². The molecule has 1 atom stereocenters. The summed E-state index contributed by atoms with van der Waals surface area (Å²) in [6, 6.07) is 5.38. The van der Waals surface area contributed by atoms with Gasteiger partial charge in [-0.3, -0.25) is 4.40 Å². The fourth-order valence-corrected chi connectivity index (χ4v) is 4.95. The van der Waals surface area contributed by atoms with Gasteiger partial charge in [-0.1, -0.05) is 13.0 Å². The van der Waals surface area contributed by atoms with E-state index in [-0.39, 0.29) is 16.9 Å². The summed E-state index contributed by atoms with van der Waals surface area (Å²) < 4.78 is 29.2. The van der Waals surface area contributed by atoms with Gasteiger partial charge in [-0.15, -0.1) is 0 Å². The molecule has 3 N–H and O–H groups in total. The molecule has 0 amide bonds. The normalized spacial score (nSPS) is 20.2. The van der Waals surface area contributed by atoms with E-state index < -0.39 is 10.0 Å². The van der Waals surface area contributed by atoms with Gasteiger partial charge in [0, 0.05) is 18.8 Å². The maximum Gasteiger partial charge on any atom is 0.263 e. The Morgan fingerprint density at radius 1 is 1.48 bits per heavy atom. The highest BCUT2D eigenvalue weighted by Crippen LogP contribution is 2.31. The van der Waals surface area contributed by atoms with Crippen LogP contribution in [0.15, 0.2) is 29.4 Å². The number of hydrogen-bond acceptors (Lipinski definition) is 5. The number of sulfonamides is 1. The number of anilines is 1. The van der Waals surface area contributed by atoms with Gasteiger partial charge in [-0.2, -0.15) is 4.31 Å². The quantitative estimate of drug-likeness (QED) is 0.653. The van der Waals surface area contributed by atoms with Crippen molar-refractivity contribution in [2.24, 2.45) is 5.84 Å². The number of hydrogen-bond donors (Lipinski definition) is 2. The summed E-state index contributed by atoms with van der Waals surface area (Å²) in [4.78, 5) is 4.24. The highest BCUT2D eigenvalue weighted by Gasteiger charge is 2.38. The zero-order valence-electron chi connectivity index (χ0n) is 11.9. The summed E-state index contributed by atoms with van der Waals surface area (Å²) in [6.07, 6.45) is 4.28. The van der Waals surface area contributed by atoms with E-state index in [9.17, 15) is 8.42 Å². The van der Waals surface area contributed by atoms with Crippen molar-refractivity contribution in [1.29, 1.82) is 0 Å². The van der Waals surface area contributed by atoms with E-state index >= 15 is 0 Å². The predicted octanol–water partition coefficient (Wildman–Crippen LogP) is 1.18. The van der Waals surface area contributed by atoms with Crippen molar-refractivity contribution >= 4 is 21.5 Å². The first-order chi connectivity index (χ1) is 10.1. The van der Waals surface area contributed by atoms with Gasteiger partial charge in [-0.05, 0) is 31.4 Å². The van der Waals surface area contributed by atoms with Crippen molar-refractivity contribution in [1.82, 2.24) is 13.7 Å². The van der Waals surface area contributed by atoms with Gasteiger partial charge < -0.3 is 5.43 Å². The molecule has 1 fully saturated rings. The summed E-state index contributed by atoms with van der Waals surface area (Å²) in [7, 11) is -3.63. The molecule has 2 aromatic heterocycles. The van der Waals surface area contributed by atoms with E-state index in [1.807, 2.05) is 13.0 Å². The molecule has 2 aromatic rings. The van der Waals surface area contributed by atoms with Gasteiger partial charge in [0.25, 0.3) is 10.0 Å². The number of aromatic nitrogens is 2. The molecule has 0 aliphatic carbocycles. The number of nitrogen functional groups attached to an aromatic ring is 1. The summed E-state index contributed by atoms with van der Waals surface area (Å²) in [6.45, 7) is 2.56. The smallest absolute Gasteiger partial charge is 0.263 e. The minimum Gasteiger partial charge on any atom is -0.306 e. The lowest BCUT2D eigenvalue weighted by molar-refractivity contribution is 0.378. The first-order valence-electron chi connectivity index (χ1n) is 7.05. The third-order valence-corrected chi connectivity index (χ3v) is 5.95. The number of imidazole rings is 1. The van der Waals surface area contributed by atoms with Crippen molar-refractivity contribution in [3.8, 4) is 0 Å². The van der Waals surface area contributed by atoms with Crippen LogP contribution in [0.5, 0.6) is 0 Å². The van der Waals surface area contributed by atoms with E-state index in [1.54, 1.807) is 27.0 Å². The van der Waals surface area contributed by atoms with Gasteiger partial charge >= 0.3 is 0 Å². The number of nitrogens with two attached hydrogens (primary N) is 1. The first-order valence-corrected chi connectivity index (χ1v) is 8.49. The minimum atomic E-state index is -3.63. The van der Waals surface area contributed by atoms with Crippen molar-refractivity contribution in [3.05, 3.63) is 24.4 Å². The van der Waals surface area contributed by atoms with Crippen molar-refractivity contribution in [2.45, 2.75) is 37.3 Å². The monoisotopic (exact) mass is 309 g/mol. The van der Waals surface area contributed by atoms with Crippen molar-refractivity contribution < 1.29 is 8.42 Å². The summed E-state index contributed by atoms with van der Waals surface area (Å²) >= 11 is 0. The van der Waals surface area contributed by atoms with Crippen molar-refractivity contribution in [2.75, 3.05) is 12.0 Å². The van der Waals surface area contributed by atoms with Crippen LogP contribution in [0.3, 0.4) is 0 Å². The maximum absolute atomic E-state index is 13.0. The average molecular weight is 309 g/mol. The van der Waals surface area contributed by atoms with Crippen LogP contribution in [0.2, 0.25) is 0 Å². The SMILES string of the molecule is CCC1CCCN1S(=O)(=O)c1c(NN)nc2ccccn12. The van der Waals surface area contributed by atoms with Gasteiger partial charge in [-0.25, -0.2) is 19.2 Å². The van der Waals surface area contributed by atoms with Crippen LogP contribution in [0, 0.1) is 0 Å². The Bertz CT molecular complexity index is 755. The predicted molar refractivity (Wildman–Crippen MR) is 80.2 cm³/mol. The number of nitrogens with zero attached hydrogens (tertiary/aromatic N) is 3. The molecule has 0 spiro atoms. The second-order valence-electron chi connectivity index (χ2n) is 5.16. The second kappa shape index (κ2) is 5.28. The molecule has 1 aliphatic heterocycles. The Morgan fingerprint density at radius 2 is 2.29 bits per heavy atom. The van der Waals surface area contributed by atoms with Crippen molar-refractivity contribution in [3.63, 3.8) is 0 Å². The van der Waals surface area contributed by atoms with Gasteiger partial charge in [0.05, 0.1) is 0 Å². The molecule has 114 valence electrons. The zero-order chi connectivity index (χ0) is 15.0. The topological polar surface area (TPSA) is 92.7 Å². The van der Waals surface area contributed by atoms with Gasteiger partial charge in [0.2, 0.25) is 5.03 Å². The Balaban J connectivity index is 2.18. The standard InChI is InChI=1S/C13H19N5O2S/c1-2-10-6-5-9-18(10)21(19,20)13-12(16-14)15-11-7-3-4-8-17(11)13/h3-4,7-8,10,16H,2,5-6,9,14H2,1H3. The Labute approximate surface area is 123 Å². The second-order valence-corrected chi connectivity index (χ2v) is 6.96. The highest BCUT2D eigenvalue weighted by molar-refractivity contribution is 7.89. The largest absolute Gasteiger partial charge is 0.306 e. The summed E-state index contributed by atoms with van der Waals surface area (Å²) in [5, 5.41) is 0.112. The van der Waals surface area contributed by atoms with Crippen LogP contribution < -0.4 is 11.3 Å². The summed E-state index contributed by atoms with van der Waals surface area (Å²) in [5.74, 6) is 5.65. The van der Waals surface area contributed by atoms with E-state index in [0.29, 0.717) is 12.2 Å². The lowest BCUT2D eigenvalue weighted by atomic mass is 10.2. The molecule has 21 heavy (non-hydrogen) atoms. The third kappa shape index (κ3) is 2.19. The van der Waals surface area contributed by atoms with Crippen LogP contribution in [0.25, 0.3) is 5.65 Å². The molecule has 1 unspecified atom stereocenters. The molecule has 8 heteroatoms. The fourth-order valence-electron chi connectivity index (χ4n) is 2.96. The van der Waals surface area contributed by atoms with Crippen LogP contribution >= 0.6 is 0 Å². The molecular weight excluding hydrogens is 290 g/mol. The number of pyridine rings is 1. The lowest BCUT2D eigenvalue weighted by Gasteiger charge is -2.23. The molecular formula is C13H19N5O2S. The molecule has 0 radical (unpaired) electrons. The average Bonchev–Trinajstić information content (AvgIpc) is 3.11. The Morgan fingerprint density at radius 3 is 3.00 bits per heavy atom. The fraction of sp³-hybridized carbons (Fsp3) is 0.462. The minimum absolute atomic E-state index is 0.0508. The summed E-state index contributed by atoms with van der Waals surface area (Å²) in [5.41, 5.74) is 2.96. The zero-order valence-corrected chi connectivity index (χ0v) is 12.7. The number of nitrogens with one attached hydrogen (secondary N) is 1. The number of rotatable bonds is 4. The maximum atomic E-state index is 13.0. The molecule has 3 rings (SSSR count). The Kier molecular flexibility index (Phi) is 3.60. The number of fused-ring (bicyclic) bond motifs is 1. The molecule has 7 nitrogen and oxygen atoms in total. The van der Waals surface area contributed by atoms with Gasteiger partial charge in [0.15, 0.2) is 5.82 Å². The van der Waals surface area contributed by atoms with Crippen LogP contribution in [0.4, 0.5) is 5.82 Å². The van der Waals surface area contributed by atoms with E-state index in [4.69, 9.17) is 5.84 Å². The molecule has 1 saturated heterocycles. The lowest BCUT2D eigenvalue weighted by Crippen LogP contribution is -2.36.